The molecule has 0 atom stereocenters. The minimum atomic E-state index is -3.40. The minimum absolute atomic E-state index is 0.123. The van der Waals surface area contributed by atoms with E-state index in [0.29, 0.717) is 5.69 Å². The Kier molecular flexibility index (Phi) is 2.99. The van der Waals surface area contributed by atoms with Crippen molar-refractivity contribution in [2.75, 3.05) is 4.72 Å². The highest BCUT2D eigenvalue weighted by atomic mass is 79.9. The molecule has 0 unspecified atom stereocenters. The van der Waals surface area contributed by atoms with Gasteiger partial charge in [-0.15, -0.1) is 0 Å². The Bertz CT molecular complexity index is 440. The summed E-state index contributed by atoms with van der Waals surface area (Å²) in [5, 5.41) is 0. The molecule has 0 spiro atoms. The van der Waals surface area contributed by atoms with Crippen molar-refractivity contribution in [3.05, 3.63) is 28.7 Å². The maximum atomic E-state index is 11.5. The van der Waals surface area contributed by atoms with E-state index in [0.717, 1.165) is 17.3 Å². The van der Waals surface area contributed by atoms with Crippen molar-refractivity contribution in [3.8, 4) is 0 Å². The first-order chi connectivity index (χ1) is 7.05. The fraction of sp³-hybridized carbons (Fsp3) is 0.333. The molecule has 1 fully saturated rings. The van der Waals surface area contributed by atoms with Gasteiger partial charge in [-0.1, -0.05) is 15.9 Å². The molecule has 0 aliphatic heterocycles. The molecule has 1 aliphatic rings. The molecule has 0 bridgehead atoms. The first kappa shape index (κ1) is 10.9. The summed E-state index contributed by atoms with van der Waals surface area (Å²) in [6.07, 6.45) is 1.86. The largest absolute Gasteiger partial charge is 0.299 e. The van der Waals surface area contributed by atoms with Crippen molar-refractivity contribution in [2.45, 2.75) is 18.9 Å². The average Bonchev–Trinajstić information content (AvgIpc) is 2.91. The summed E-state index contributed by atoms with van der Waals surface area (Å²) < 4.78 is 28.9. The number of hydrogen-bond donors (Lipinski definition) is 2. The smallest absolute Gasteiger partial charge is 0.271 e. The number of benzene rings is 1. The first-order valence-electron chi connectivity index (χ1n) is 4.61. The van der Waals surface area contributed by atoms with Crippen LogP contribution in [0.25, 0.3) is 0 Å². The van der Waals surface area contributed by atoms with E-state index in [1.807, 2.05) is 0 Å². The molecule has 4 nitrogen and oxygen atoms in total. The number of anilines is 1. The highest BCUT2D eigenvalue weighted by Crippen LogP contribution is 2.20. The van der Waals surface area contributed by atoms with Crippen molar-refractivity contribution < 1.29 is 8.42 Å². The summed E-state index contributed by atoms with van der Waals surface area (Å²) in [7, 11) is -3.40. The van der Waals surface area contributed by atoms with E-state index in [1.54, 1.807) is 24.3 Å². The highest BCUT2D eigenvalue weighted by Gasteiger charge is 2.26. The van der Waals surface area contributed by atoms with Gasteiger partial charge in [0.2, 0.25) is 0 Å². The lowest BCUT2D eigenvalue weighted by Gasteiger charge is -2.08. The molecule has 2 rings (SSSR count). The van der Waals surface area contributed by atoms with Crippen LogP contribution in [0.3, 0.4) is 0 Å². The maximum absolute atomic E-state index is 11.5. The Morgan fingerprint density at radius 3 is 2.33 bits per heavy atom. The van der Waals surface area contributed by atoms with E-state index in [-0.39, 0.29) is 6.04 Å². The van der Waals surface area contributed by atoms with E-state index in [1.165, 1.54) is 0 Å². The molecule has 1 saturated carbocycles. The Labute approximate surface area is 97.4 Å². The Balaban J connectivity index is 2.03. The summed E-state index contributed by atoms with van der Waals surface area (Å²) in [4.78, 5) is 0. The van der Waals surface area contributed by atoms with Crippen LogP contribution in [-0.2, 0) is 10.2 Å². The predicted molar refractivity (Wildman–Crippen MR) is 62.8 cm³/mol. The SMILES string of the molecule is O=S(=O)(Nc1ccc(Br)cc1)NC1CC1. The third-order valence-corrected chi connectivity index (χ3v) is 3.67. The van der Waals surface area contributed by atoms with Crippen molar-refractivity contribution in [2.24, 2.45) is 0 Å². The van der Waals surface area contributed by atoms with Crippen molar-refractivity contribution >= 4 is 31.8 Å². The zero-order valence-corrected chi connectivity index (χ0v) is 10.3. The minimum Gasteiger partial charge on any atom is -0.271 e. The summed E-state index contributed by atoms with van der Waals surface area (Å²) in [6.45, 7) is 0. The number of hydrogen-bond acceptors (Lipinski definition) is 2. The van der Waals surface area contributed by atoms with Gasteiger partial charge in [0.25, 0.3) is 10.2 Å². The third kappa shape index (κ3) is 3.48. The van der Waals surface area contributed by atoms with Crippen LogP contribution >= 0.6 is 15.9 Å². The molecule has 0 radical (unpaired) electrons. The topological polar surface area (TPSA) is 58.2 Å². The molecule has 2 N–H and O–H groups in total. The van der Waals surface area contributed by atoms with Gasteiger partial charge in [-0.3, -0.25) is 4.72 Å². The fourth-order valence-electron chi connectivity index (χ4n) is 1.12. The van der Waals surface area contributed by atoms with Gasteiger partial charge in [0.05, 0.1) is 0 Å². The van der Waals surface area contributed by atoms with Crippen LogP contribution in [0.2, 0.25) is 0 Å². The summed E-state index contributed by atoms with van der Waals surface area (Å²) in [6, 6.07) is 7.11. The van der Waals surface area contributed by atoms with E-state index in [9.17, 15) is 8.42 Å². The molecule has 1 aliphatic carbocycles. The normalized spacial score (nSPS) is 16.3. The molecular weight excluding hydrogens is 280 g/mol. The molecule has 1 aromatic carbocycles. The molecular formula is C9H11BrN2O2S. The molecule has 0 saturated heterocycles. The first-order valence-corrected chi connectivity index (χ1v) is 6.88. The monoisotopic (exact) mass is 290 g/mol. The van der Waals surface area contributed by atoms with Gasteiger partial charge in [-0.05, 0) is 37.1 Å². The Morgan fingerprint density at radius 2 is 1.80 bits per heavy atom. The molecule has 1 aromatic rings. The lowest BCUT2D eigenvalue weighted by atomic mass is 10.3. The Morgan fingerprint density at radius 1 is 1.20 bits per heavy atom. The third-order valence-electron chi connectivity index (χ3n) is 2.00. The highest BCUT2D eigenvalue weighted by molar-refractivity contribution is 9.10. The van der Waals surface area contributed by atoms with Gasteiger partial charge < -0.3 is 0 Å². The quantitative estimate of drug-likeness (QED) is 0.889. The van der Waals surface area contributed by atoms with Gasteiger partial charge in [-0.2, -0.15) is 13.1 Å². The van der Waals surface area contributed by atoms with E-state index in [4.69, 9.17) is 0 Å². The predicted octanol–water partition coefficient (Wildman–Crippen LogP) is 1.86. The van der Waals surface area contributed by atoms with Crippen molar-refractivity contribution in [1.29, 1.82) is 0 Å². The molecule has 15 heavy (non-hydrogen) atoms. The van der Waals surface area contributed by atoms with Crippen LogP contribution < -0.4 is 9.44 Å². The molecule has 82 valence electrons. The fourth-order valence-corrected chi connectivity index (χ4v) is 2.57. The second-order valence-electron chi connectivity index (χ2n) is 3.50. The van der Waals surface area contributed by atoms with Gasteiger partial charge >= 0.3 is 0 Å². The molecule has 0 aromatic heterocycles. The molecule has 0 heterocycles. The van der Waals surface area contributed by atoms with Crippen LogP contribution in [0, 0.1) is 0 Å². The lowest BCUT2D eigenvalue weighted by molar-refractivity contribution is 0.586. The van der Waals surface area contributed by atoms with Crippen molar-refractivity contribution in [3.63, 3.8) is 0 Å². The van der Waals surface area contributed by atoms with Crippen LogP contribution in [0.5, 0.6) is 0 Å². The van der Waals surface area contributed by atoms with Crippen molar-refractivity contribution in [1.82, 2.24) is 4.72 Å². The summed E-state index contributed by atoms with van der Waals surface area (Å²) in [5.41, 5.74) is 0.561. The number of halogens is 1. The number of rotatable bonds is 4. The van der Waals surface area contributed by atoms with Gasteiger partial charge in [0.1, 0.15) is 0 Å². The van der Waals surface area contributed by atoms with Gasteiger partial charge in [-0.25, -0.2) is 0 Å². The van der Waals surface area contributed by atoms with Crippen LogP contribution in [-0.4, -0.2) is 14.5 Å². The zero-order chi connectivity index (χ0) is 10.9. The molecule has 0 amide bonds. The average molecular weight is 291 g/mol. The summed E-state index contributed by atoms with van der Waals surface area (Å²) in [5.74, 6) is 0. The standard InChI is InChI=1S/C9H11BrN2O2S/c10-7-1-3-8(4-2-7)11-15(13,14)12-9-5-6-9/h1-4,9,11-12H,5-6H2. The summed E-state index contributed by atoms with van der Waals surface area (Å²) >= 11 is 3.28. The zero-order valence-electron chi connectivity index (χ0n) is 7.90. The van der Waals surface area contributed by atoms with E-state index < -0.39 is 10.2 Å². The maximum Gasteiger partial charge on any atom is 0.299 e. The van der Waals surface area contributed by atoms with Crippen LogP contribution in [0.4, 0.5) is 5.69 Å². The molecule has 6 heteroatoms. The van der Waals surface area contributed by atoms with Crippen LogP contribution in [0.15, 0.2) is 28.7 Å². The van der Waals surface area contributed by atoms with Crippen LogP contribution in [0.1, 0.15) is 12.8 Å². The van der Waals surface area contributed by atoms with Gasteiger partial charge in [0, 0.05) is 16.2 Å². The van der Waals surface area contributed by atoms with E-state index in [2.05, 4.69) is 25.4 Å². The van der Waals surface area contributed by atoms with Gasteiger partial charge in [0.15, 0.2) is 0 Å². The second-order valence-corrected chi connectivity index (χ2v) is 5.87. The Hall–Kier alpha value is -0.590. The number of nitrogens with one attached hydrogen (secondary N) is 2. The van der Waals surface area contributed by atoms with E-state index >= 15 is 0 Å². The lowest BCUT2D eigenvalue weighted by Crippen LogP contribution is -2.31. The second kappa shape index (κ2) is 4.11.